The fourth-order valence-electron chi connectivity index (χ4n) is 2.00. The van der Waals surface area contributed by atoms with Crippen LogP contribution in [0.2, 0.25) is 0 Å². The minimum atomic E-state index is -1.18. The van der Waals surface area contributed by atoms with Crippen LogP contribution in [0, 0.1) is 5.92 Å². The predicted molar refractivity (Wildman–Crippen MR) is 68.0 cm³/mol. The molecule has 0 radical (unpaired) electrons. The highest BCUT2D eigenvalue weighted by atomic mass is 16.5. The number of methoxy groups -OCH3 is 1. The third kappa shape index (κ3) is 4.46. The Kier molecular flexibility index (Phi) is 6.40. The van der Waals surface area contributed by atoms with Crippen molar-refractivity contribution < 1.29 is 29.0 Å². The number of carboxylic acids is 1. The number of hydrogen-bond acceptors (Lipinski definition) is 6. The molecule has 0 aliphatic carbocycles. The molecular weight excluding hydrogens is 268 g/mol. The predicted octanol–water partition coefficient (Wildman–Crippen LogP) is -1.26. The summed E-state index contributed by atoms with van der Waals surface area (Å²) >= 11 is 0. The zero-order chi connectivity index (χ0) is 15.1. The number of rotatable bonds is 7. The van der Waals surface area contributed by atoms with Crippen molar-refractivity contribution in [3.05, 3.63) is 0 Å². The van der Waals surface area contributed by atoms with Crippen LogP contribution in [-0.4, -0.2) is 62.4 Å². The molecule has 0 aromatic heterocycles. The first-order chi connectivity index (χ1) is 9.49. The van der Waals surface area contributed by atoms with Gasteiger partial charge in [0.15, 0.2) is 0 Å². The van der Waals surface area contributed by atoms with Gasteiger partial charge in [-0.2, -0.15) is 0 Å². The maximum Gasteiger partial charge on any atom is 0.326 e. The quantitative estimate of drug-likeness (QED) is 0.501. The molecule has 0 bridgehead atoms. The van der Waals surface area contributed by atoms with Gasteiger partial charge in [-0.05, 0) is 13.5 Å². The highest BCUT2D eigenvalue weighted by Crippen LogP contribution is 2.14. The zero-order valence-electron chi connectivity index (χ0n) is 11.5. The SMILES string of the molecule is CNC1COCC1C(=O)NC(CCC(=O)OC)C(=O)O. The molecule has 114 valence electrons. The summed E-state index contributed by atoms with van der Waals surface area (Å²) in [5, 5.41) is 14.4. The molecule has 3 N–H and O–H groups in total. The summed E-state index contributed by atoms with van der Waals surface area (Å²) in [6, 6.07) is -1.25. The van der Waals surface area contributed by atoms with Gasteiger partial charge in [0.2, 0.25) is 5.91 Å². The average molecular weight is 288 g/mol. The van der Waals surface area contributed by atoms with Crippen LogP contribution in [-0.2, 0) is 23.9 Å². The molecule has 1 aliphatic heterocycles. The number of esters is 1. The van der Waals surface area contributed by atoms with Crippen molar-refractivity contribution >= 4 is 17.8 Å². The van der Waals surface area contributed by atoms with E-state index in [2.05, 4.69) is 15.4 Å². The van der Waals surface area contributed by atoms with E-state index in [1.165, 1.54) is 7.11 Å². The van der Waals surface area contributed by atoms with Gasteiger partial charge in [0.05, 0.1) is 26.2 Å². The smallest absolute Gasteiger partial charge is 0.326 e. The molecule has 3 unspecified atom stereocenters. The minimum absolute atomic E-state index is 0.00839. The third-order valence-electron chi connectivity index (χ3n) is 3.27. The van der Waals surface area contributed by atoms with Crippen molar-refractivity contribution in [1.82, 2.24) is 10.6 Å². The maximum absolute atomic E-state index is 12.0. The minimum Gasteiger partial charge on any atom is -0.480 e. The Labute approximate surface area is 116 Å². The number of aliphatic carboxylic acids is 1. The topological polar surface area (TPSA) is 114 Å². The van der Waals surface area contributed by atoms with Crippen molar-refractivity contribution in [2.75, 3.05) is 27.4 Å². The Bertz CT molecular complexity index is 373. The molecule has 0 aromatic rings. The number of ether oxygens (including phenoxy) is 2. The van der Waals surface area contributed by atoms with Gasteiger partial charge in [-0.3, -0.25) is 9.59 Å². The summed E-state index contributed by atoms with van der Waals surface area (Å²) in [5.41, 5.74) is 0. The average Bonchev–Trinajstić information content (AvgIpc) is 2.90. The van der Waals surface area contributed by atoms with Crippen LogP contribution >= 0.6 is 0 Å². The first-order valence-corrected chi connectivity index (χ1v) is 6.34. The van der Waals surface area contributed by atoms with E-state index in [0.29, 0.717) is 6.61 Å². The maximum atomic E-state index is 12.0. The molecule has 8 nitrogen and oxygen atoms in total. The zero-order valence-corrected chi connectivity index (χ0v) is 11.5. The molecule has 0 saturated carbocycles. The summed E-state index contributed by atoms with van der Waals surface area (Å²) in [7, 11) is 2.94. The Hall–Kier alpha value is -1.67. The van der Waals surface area contributed by atoms with Gasteiger partial charge in [-0.15, -0.1) is 0 Å². The highest BCUT2D eigenvalue weighted by molar-refractivity contribution is 5.86. The molecule has 0 spiro atoms. The number of amides is 1. The summed E-state index contributed by atoms with van der Waals surface area (Å²) in [4.78, 5) is 34.1. The molecule has 1 aliphatic rings. The fourth-order valence-corrected chi connectivity index (χ4v) is 2.00. The van der Waals surface area contributed by atoms with E-state index in [1.807, 2.05) is 0 Å². The molecule has 1 saturated heterocycles. The Morgan fingerprint density at radius 2 is 2.10 bits per heavy atom. The second-order valence-electron chi connectivity index (χ2n) is 4.55. The van der Waals surface area contributed by atoms with Gasteiger partial charge >= 0.3 is 11.9 Å². The number of carboxylic acid groups (broad SMARTS) is 1. The van der Waals surface area contributed by atoms with E-state index in [9.17, 15) is 14.4 Å². The van der Waals surface area contributed by atoms with Gasteiger partial charge in [0.1, 0.15) is 6.04 Å². The molecular formula is C12H20N2O6. The van der Waals surface area contributed by atoms with Gasteiger partial charge in [-0.25, -0.2) is 4.79 Å². The van der Waals surface area contributed by atoms with E-state index >= 15 is 0 Å². The van der Waals surface area contributed by atoms with Crippen molar-refractivity contribution in [2.24, 2.45) is 5.92 Å². The van der Waals surface area contributed by atoms with Crippen LogP contribution < -0.4 is 10.6 Å². The van der Waals surface area contributed by atoms with Crippen molar-refractivity contribution in [1.29, 1.82) is 0 Å². The van der Waals surface area contributed by atoms with Crippen LogP contribution in [0.4, 0.5) is 0 Å². The summed E-state index contributed by atoms with van der Waals surface area (Å²) in [5.74, 6) is -2.51. The van der Waals surface area contributed by atoms with Crippen LogP contribution in [0.25, 0.3) is 0 Å². The molecule has 20 heavy (non-hydrogen) atoms. The van der Waals surface area contributed by atoms with Gasteiger partial charge in [-0.1, -0.05) is 0 Å². The van der Waals surface area contributed by atoms with Gasteiger partial charge in [0.25, 0.3) is 0 Å². The van der Waals surface area contributed by atoms with Crippen LogP contribution in [0.1, 0.15) is 12.8 Å². The Morgan fingerprint density at radius 3 is 2.65 bits per heavy atom. The third-order valence-corrected chi connectivity index (χ3v) is 3.27. The lowest BCUT2D eigenvalue weighted by Gasteiger charge is -2.20. The standard InChI is InChI=1S/C12H20N2O6/c1-13-9-6-20-5-7(9)11(16)14-8(12(17)18)3-4-10(15)19-2/h7-9,13H,3-6H2,1-2H3,(H,14,16)(H,17,18). The van der Waals surface area contributed by atoms with E-state index in [4.69, 9.17) is 9.84 Å². The van der Waals surface area contributed by atoms with Gasteiger partial charge in [0, 0.05) is 12.5 Å². The lowest BCUT2D eigenvalue weighted by atomic mass is 10.0. The van der Waals surface area contributed by atoms with Gasteiger partial charge < -0.3 is 25.2 Å². The summed E-state index contributed by atoms with van der Waals surface area (Å²) < 4.78 is 9.64. The van der Waals surface area contributed by atoms with Crippen molar-refractivity contribution in [3.63, 3.8) is 0 Å². The van der Waals surface area contributed by atoms with Crippen LogP contribution in [0.3, 0.4) is 0 Å². The van der Waals surface area contributed by atoms with Crippen LogP contribution in [0.15, 0.2) is 0 Å². The second-order valence-corrected chi connectivity index (χ2v) is 4.55. The molecule has 8 heteroatoms. The van der Waals surface area contributed by atoms with E-state index in [1.54, 1.807) is 7.05 Å². The molecule has 1 rings (SSSR count). The summed E-state index contributed by atoms with van der Waals surface area (Å²) in [6.07, 6.45) is -0.0735. The van der Waals surface area contributed by atoms with Crippen molar-refractivity contribution in [3.8, 4) is 0 Å². The Balaban J connectivity index is 2.54. The lowest BCUT2D eigenvalue weighted by Crippen LogP contribution is -2.48. The highest BCUT2D eigenvalue weighted by Gasteiger charge is 2.35. The first kappa shape index (κ1) is 16.4. The second kappa shape index (κ2) is 7.81. The number of nitrogens with one attached hydrogen (secondary N) is 2. The number of hydrogen-bond donors (Lipinski definition) is 3. The Morgan fingerprint density at radius 1 is 1.40 bits per heavy atom. The number of carbonyl (C=O) groups is 3. The monoisotopic (exact) mass is 288 g/mol. The van der Waals surface area contributed by atoms with Crippen LogP contribution in [0.5, 0.6) is 0 Å². The lowest BCUT2D eigenvalue weighted by molar-refractivity contribution is -0.144. The number of carbonyl (C=O) groups excluding carboxylic acids is 2. The largest absolute Gasteiger partial charge is 0.480 e. The fraction of sp³-hybridized carbons (Fsp3) is 0.750. The molecule has 1 heterocycles. The molecule has 1 amide bonds. The number of likely N-dealkylation sites (N-methyl/N-ethyl adjacent to an activating group) is 1. The molecule has 0 aromatic carbocycles. The van der Waals surface area contributed by atoms with E-state index < -0.39 is 23.9 Å². The summed E-state index contributed by atoms with van der Waals surface area (Å²) in [6.45, 7) is 0.662. The normalized spacial score (nSPS) is 23.1. The first-order valence-electron chi connectivity index (χ1n) is 6.34. The molecule has 3 atom stereocenters. The molecule has 1 fully saturated rings. The van der Waals surface area contributed by atoms with E-state index in [0.717, 1.165) is 0 Å². The van der Waals surface area contributed by atoms with Crippen molar-refractivity contribution in [2.45, 2.75) is 24.9 Å². The van der Waals surface area contributed by atoms with E-state index in [-0.39, 0.29) is 31.4 Å².